The highest BCUT2D eigenvalue weighted by atomic mass is 16.2. The lowest BCUT2D eigenvalue weighted by molar-refractivity contribution is 0.299. The minimum atomic E-state index is 0.202. The van der Waals surface area contributed by atoms with Gasteiger partial charge in [-0.3, -0.25) is 0 Å². The van der Waals surface area contributed by atoms with Crippen LogP contribution in [0.2, 0.25) is 0 Å². The lowest BCUT2D eigenvalue weighted by atomic mass is 10.1. The van der Waals surface area contributed by atoms with Crippen LogP contribution in [0.4, 0.5) is 11.4 Å². The topological polar surface area (TPSA) is 23.5 Å². The first kappa shape index (κ1) is 12.7. The molecule has 0 bridgehead atoms. The first-order valence-electron chi connectivity index (χ1n) is 6.21. The zero-order valence-electron chi connectivity index (χ0n) is 10.9. The average molecular weight is 241 g/mol. The van der Waals surface area contributed by atoms with Gasteiger partial charge >= 0.3 is 0 Å². The molecule has 0 aliphatic heterocycles. The van der Waals surface area contributed by atoms with Gasteiger partial charge in [-0.05, 0) is 42.7 Å². The second kappa shape index (κ2) is 5.69. The number of rotatable bonds is 4. The van der Waals surface area contributed by atoms with Gasteiger partial charge in [-0.2, -0.15) is 0 Å². The molecule has 2 nitrogen and oxygen atoms in total. The standard InChI is InChI=1S/C16H19NO/c1-13-12-14(10-11-18)8-9-16(13)17(2)15-6-4-3-5-7-15/h3-9,12,18H,10-11H2,1-2H3. The first-order valence-corrected chi connectivity index (χ1v) is 6.21. The Labute approximate surface area is 109 Å². The van der Waals surface area contributed by atoms with E-state index in [9.17, 15) is 0 Å². The Hall–Kier alpha value is -1.80. The molecule has 0 aliphatic rings. The Balaban J connectivity index is 2.28. The fraction of sp³-hybridized carbons (Fsp3) is 0.250. The average Bonchev–Trinajstić information content (AvgIpc) is 2.40. The molecule has 0 amide bonds. The van der Waals surface area contributed by atoms with E-state index in [1.54, 1.807) is 0 Å². The predicted octanol–water partition coefficient (Wildman–Crippen LogP) is 3.30. The number of hydrogen-bond donors (Lipinski definition) is 1. The van der Waals surface area contributed by atoms with Crippen LogP contribution in [-0.4, -0.2) is 18.8 Å². The highest BCUT2D eigenvalue weighted by Gasteiger charge is 2.06. The molecule has 0 fully saturated rings. The van der Waals surface area contributed by atoms with Crippen molar-refractivity contribution >= 4 is 11.4 Å². The normalized spacial score (nSPS) is 10.4. The maximum Gasteiger partial charge on any atom is 0.0471 e. The zero-order valence-corrected chi connectivity index (χ0v) is 10.9. The van der Waals surface area contributed by atoms with Gasteiger partial charge in [0.25, 0.3) is 0 Å². The third-order valence-corrected chi connectivity index (χ3v) is 3.17. The molecule has 2 aromatic carbocycles. The molecule has 0 spiro atoms. The van der Waals surface area contributed by atoms with E-state index in [0.717, 1.165) is 6.42 Å². The van der Waals surface area contributed by atoms with E-state index in [4.69, 9.17) is 5.11 Å². The highest BCUT2D eigenvalue weighted by molar-refractivity contribution is 5.65. The van der Waals surface area contributed by atoms with Crippen LogP contribution < -0.4 is 4.90 Å². The van der Waals surface area contributed by atoms with Crippen molar-refractivity contribution in [1.82, 2.24) is 0 Å². The van der Waals surface area contributed by atoms with Crippen LogP contribution in [0.25, 0.3) is 0 Å². The summed E-state index contributed by atoms with van der Waals surface area (Å²) in [5.74, 6) is 0. The summed E-state index contributed by atoms with van der Waals surface area (Å²) < 4.78 is 0. The van der Waals surface area contributed by atoms with Crippen LogP contribution >= 0.6 is 0 Å². The van der Waals surface area contributed by atoms with Gasteiger partial charge in [0.15, 0.2) is 0 Å². The van der Waals surface area contributed by atoms with E-state index in [0.29, 0.717) is 0 Å². The van der Waals surface area contributed by atoms with Crippen molar-refractivity contribution in [3.05, 3.63) is 59.7 Å². The largest absolute Gasteiger partial charge is 0.396 e. The molecular formula is C16H19NO. The summed E-state index contributed by atoms with van der Waals surface area (Å²) in [6, 6.07) is 16.6. The minimum Gasteiger partial charge on any atom is -0.396 e. The second-order valence-corrected chi connectivity index (χ2v) is 4.49. The maximum absolute atomic E-state index is 8.96. The number of para-hydroxylation sites is 1. The van der Waals surface area contributed by atoms with E-state index in [1.807, 2.05) is 18.2 Å². The number of nitrogens with zero attached hydrogens (tertiary/aromatic N) is 1. The number of anilines is 2. The molecule has 0 saturated carbocycles. The van der Waals surface area contributed by atoms with Crippen LogP contribution in [0.3, 0.4) is 0 Å². The highest BCUT2D eigenvalue weighted by Crippen LogP contribution is 2.27. The van der Waals surface area contributed by atoms with Crippen molar-refractivity contribution < 1.29 is 5.11 Å². The summed E-state index contributed by atoms with van der Waals surface area (Å²) in [7, 11) is 2.07. The van der Waals surface area contributed by atoms with Gasteiger partial charge in [-0.25, -0.2) is 0 Å². The summed E-state index contributed by atoms with van der Waals surface area (Å²) in [5, 5.41) is 8.96. The zero-order chi connectivity index (χ0) is 13.0. The Morgan fingerprint density at radius 1 is 1.06 bits per heavy atom. The number of aliphatic hydroxyl groups excluding tert-OH is 1. The summed E-state index contributed by atoms with van der Waals surface area (Å²) in [4.78, 5) is 2.18. The van der Waals surface area contributed by atoms with Crippen LogP contribution in [0, 0.1) is 6.92 Å². The van der Waals surface area contributed by atoms with Gasteiger partial charge in [-0.15, -0.1) is 0 Å². The molecular weight excluding hydrogens is 222 g/mol. The van der Waals surface area contributed by atoms with Gasteiger partial charge in [0.05, 0.1) is 0 Å². The van der Waals surface area contributed by atoms with Gasteiger partial charge in [0.2, 0.25) is 0 Å². The Kier molecular flexibility index (Phi) is 4.00. The molecule has 2 rings (SSSR count). The van der Waals surface area contributed by atoms with E-state index < -0.39 is 0 Å². The monoisotopic (exact) mass is 241 g/mol. The molecule has 0 heterocycles. The molecule has 0 aliphatic carbocycles. The summed E-state index contributed by atoms with van der Waals surface area (Å²) in [6.07, 6.45) is 0.718. The summed E-state index contributed by atoms with van der Waals surface area (Å²) in [6.45, 7) is 2.31. The lowest BCUT2D eigenvalue weighted by Gasteiger charge is -2.22. The quantitative estimate of drug-likeness (QED) is 0.887. The van der Waals surface area contributed by atoms with E-state index >= 15 is 0 Å². The number of benzene rings is 2. The van der Waals surface area contributed by atoms with Gasteiger partial charge < -0.3 is 10.0 Å². The molecule has 0 aromatic heterocycles. The van der Waals surface area contributed by atoms with E-state index in [1.165, 1.54) is 22.5 Å². The number of aliphatic hydroxyl groups is 1. The lowest BCUT2D eigenvalue weighted by Crippen LogP contribution is -2.10. The third kappa shape index (κ3) is 2.71. The SMILES string of the molecule is Cc1cc(CCO)ccc1N(C)c1ccccc1. The third-order valence-electron chi connectivity index (χ3n) is 3.17. The molecule has 0 radical (unpaired) electrons. The van der Waals surface area contributed by atoms with Crippen LogP contribution in [0.15, 0.2) is 48.5 Å². The maximum atomic E-state index is 8.96. The van der Waals surface area contributed by atoms with Crippen molar-refractivity contribution in [3.63, 3.8) is 0 Å². The second-order valence-electron chi connectivity index (χ2n) is 4.49. The fourth-order valence-electron chi connectivity index (χ4n) is 2.17. The summed E-state index contributed by atoms with van der Waals surface area (Å²) >= 11 is 0. The predicted molar refractivity (Wildman–Crippen MR) is 76.5 cm³/mol. The van der Waals surface area contributed by atoms with E-state index in [2.05, 4.69) is 49.2 Å². The van der Waals surface area contributed by atoms with Crippen molar-refractivity contribution in [2.24, 2.45) is 0 Å². The van der Waals surface area contributed by atoms with Gasteiger partial charge in [0.1, 0.15) is 0 Å². The number of hydrogen-bond acceptors (Lipinski definition) is 2. The minimum absolute atomic E-state index is 0.202. The molecule has 1 N–H and O–H groups in total. The molecule has 2 aromatic rings. The van der Waals surface area contributed by atoms with Crippen LogP contribution in [0.5, 0.6) is 0 Å². The smallest absolute Gasteiger partial charge is 0.0471 e. The van der Waals surface area contributed by atoms with Crippen molar-refractivity contribution in [1.29, 1.82) is 0 Å². The Morgan fingerprint density at radius 2 is 1.78 bits per heavy atom. The molecule has 18 heavy (non-hydrogen) atoms. The molecule has 2 heteroatoms. The van der Waals surface area contributed by atoms with Crippen LogP contribution in [-0.2, 0) is 6.42 Å². The fourth-order valence-corrected chi connectivity index (χ4v) is 2.17. The summed E-state index contributed by atoms with van der Waals surface area (Å²) in [5.41, 5.74) is 4.78. The van der Waals surface area contributed by atoms with Crippen LogP contribution in [0.1, 0.15) is 11.1 Å². The Morgan fingerprint density at radius 3 is 2.39 bits per heavy atom. The van der Waals surface area contributed by atoms with Gasteiger partial charge in [0, 0.05) is 25.0 Å². The van der Waals surface area contributed by atoms with Crippen molar-refractivity contribution in [3.8, 4) is 0 Å². The molecule has 0 atom stereocenters. The molecule has 0 unspecified atom stereocenters. The van der Waals surface area contributed by atoms with E-state index in [-0.39, 0.29) is 6.61 Å². The van der Waals surface area contributed by atoms with Crippen molar-refractivity contribution in [2.75, 3.05) is 18.6 Å². The van der Waals surface area contributed by atoms with Crippen molar-refractivity contribution in [2.45, 2.75) is 13.3 Å². The molecule has 94 valence electrons. The Bertz CT molecular complexity index is 508. The molecule has 0 saturated heterocycles. The first-order chi connectivity index (χ1) is 8.72. The van der Waals surface area contributed by atoms with Gasteiger partial charge in [-0.1, -0.05) is 30.3 Å². The number of aryl methyl sites for hydroxylation is 1.